The molecule has 1 aromatic heterocycles. The molecule has 2 rings (SSSR count). The minimum atomic E-state index is -0.250. The standard InChI is InChI=1S/C17H23FN2O/c1-3-4-5-6-7-8-15(20-19)17-12(2)14-11-13(18)9-10-16(14)21-17/h3,9-11,15,20H,1,4-8,19H2,2H3. The van der Waals surface area contributed by atoms with Gasteiger partial charge in [-0.15, -0.1) is 6.58 Å². The van der Waals surface area contributed by atoms with Crippen molar-refractivity contribution in [2.24, 2.45) is 5.84 Å². The Bertz CT molecular complexity index is 606. The number of furan rings is 1. The molecule has 3 N–H and O–H groups in total. The summed E-state index contributed by atoms with van der Waals surface area (Å²) in [5.41, 5.74) is 4.48. The van der Waals surface area contributed by atoms with Crippen molar-refractivity contribution in [3.63, 3.8) is 0 Å². The number of hydrogen-bond acceptors (Lipinski definition) is 3. The van der Waals surface area contributed by atoms with Crippen LogP contribution in [-0.2, 0) is 0 Å². The number of nitrogens with one attached hydrogen (secondary N) is 1. The summed E-state index contributed by atoms with van der Waals surface area (Å²) in [6, 6.07) is 4.55. The van der Waals surface area contributed by atoms with E-state index in [9.17, 15) is 4.39 Å². The van der Waals surface area contributed by atoms with Crippen LogP contribution >= 0.6 is 0 Å². The van der Waals surface area contributed by atoms with Crippen LogP contribution in [0, 0.1) is 12.7 Å². The van der Waals surface area contributed by atoms with Crippen LogP contribution < -0.4 is 11.3 Å². The smallest absolute Gasteiger partial charge is 0.134 e. The average molecular weight is 290 g/mol. The van der Waals surface area contributed by atoms with E-state index >= 15 is 0 Å². The van der Waals surface area contributed by atoms with Crippen molar-refractivity contribution in [3.05, 3.63) is 48.0 Å². The Morgan fingerprint density at radius 1 is 1.38 bits per heavy atom. The van der Waals surface area contributed by atoms with Gasteiger partial charge in [0.1, 0.15) is 17.2 Å². The Hall–Kier alpha value is -1.65. The van der Waals surface area contributed by atoms with Crippen molar-refractivity contribution in [2.45, 2.75) is 45.1 Å². The summed E-state index contributed by atoms with van der Waals surface area (Å²) in [7, 11) is 0. The van der Waals surface area contributed by atoms with Crippen LogP contribution in [0.1, 0.15) is 49.5 Å². The van der Waals surface area contributed by atoms with Gasteiger partial charge in [0, 0.05) is 10.9 Å². The maximum Gasteiger partial charge on any atom is 0.134 e. The molecule has 0 aliphatic carbocycles. The molecule has 1 atom stereocenters. The molecule has 21 heavy (non-hydrogen) atoms. The number of rotatable bonds is 8. The van der Waals surface area contributed by atoms with Crippen molar-refractivity contribution in [1.29, 1.82) is 0 Å². The molecule has 0 amide bonds. The Labute approximate surface area is 125 Å². The van der Waals surface area contributed by atoms with Crippen LogP contribution in [-0.4, -0.2) is 0 Å². The van der Waals surface area contributed by atoms with Crippen LogP contribution in [0.2, 0.25) is 0 Å². The number of hydrazine groups is 1. The lowest BCUT2D eigenvalue weighted by Crippen LogP contribution is -2.28. The number of unbranched alkanes of at least 4 members (excludes halogenated alkanes) is 3. The summed E-state index contributed by atoms with van der Waals surface area (Å²) in [5, 5.41) is 0.817. The number of allylic oxidation sites excluding steroid dienone is 1. The number of fused-ring (bicyclic) bond motifs is 1. The monoisotopic (exact) mass is 290 g/mol. The average Bonchev–Trinajstić information content (AvgIpc) is 2.80. The maximum atomic E-state index is 13.3. The van der Waals surface area contributed by atoms with Crippen LogP contribution in [0.25, 0.3) is 11.0 Å². The van der Waals surface area contributed by atoms with E-state index in [4.69, 9.17) is 10.3 Å². The van der Waals surface area contributed by atoms with E-state index in [1.54, 1.807) is 6.07 Å². The first-order chi connectivity index (χ1) is 10.2. The third-order valence-electron chi connectivity index (χ3n) is 3.85. The Kier molecular flexibility index (Phi) is 5.53. The molecule has 114 valence electrons. The van der Waals surface area contributed by atoms with Gasteiger partial charge in [0.05, 0.1) is 6.04 Å². The molecule has 1 unspecified atom stereocenters. The lowest BCUT2D eigenvalue weighted by Gasteiger charge is -2.14. The van der Waals surface area contributed by atoms with Gasteiger partial charge in [-0.2, -0.15) is 0 Å². The number of aryl methyl sites for hydroxylation is 1. The third-order valence-corrected chi connectivity index (χ3v) is 3.85. The van der Waals surface area contributed by atoms with Crippen molar-refractivity contribution < 1.29 is 8.81 Å². The molecule has 3 nitrogen and oxygen atoms in total. The predicted molar refractivity (Wildman–Crippen MR) is 84.3 cm³/mol. The molecule has 0 spiro atoms. The topological polar surface area (TPSA) is 51.2 Å². The van der Waals surface area contributed by atoms with E-state index in [0.717, 1.165) is 48.8 Å². The molecular formula is C17H23FN2O. The minimum Gasteiger partial charge on any atom is -0.459 e. The lowest BCUT2D eigenvalue weighted by molar-refractivity contribution is 0.401. The molecule has 0 aliphatic rings. The molecular weight excluding hydrogens is 267 g/mol. The van der Waals surface area contributed by atoms with Gasteiger partial charge in [-0.25, -0.2) is 9.82 Å². The second kappa shape index (κ2) is 7.38. The van der Waals surface area contributed by atoms with Gasteiger partial charge < -0.3 is 4.42 Å². The van der Waals surface area contributed by atoms with Crippen molar-refractivity contribution >= 4 is 11.0 Å². The fraction of sp³-hybridized carbons (Fsp3) is 0.412. The summed E-state index contributed by atoms with van der Waals surface area (Å²) in [6.07, 6.45) is 7.23. The Morgan fingerprint density at radius 3 is 2.90 bits per heavy atom. The highest BCUT2D eigenvalue weighted by Crippen LogP contribution is 2.31. The van der Waals surface area contributed by atoms with Gasteiger partial charge in [0.2, 0.25) is 0 Å². The summed E-state index contributed by atoms with van der Waals surface area (Å²) in [5.74, 6) is 6.22. The van der Waals surface area contributed by atoms with Gasteiger partial charge in [-0.3, -0.25) is 5.84 Å². The van der Waals surface area contributed by atoms with Gasteiger partial charge >= 0.3 is 0 Å². The molecule has 0 radical (unpaired) electrons. The maximum absolute atomic E-state index is 13.3. The largest absolute Gasteiger partial charge is 0.459 e. The van der Waals surface area contributed by atoms with Crippen LogP contribution in [0.15, 0.2) is 35.3 Å². The summed E-state index contributed by atoms with van der Waals surface area (Å²) < 4.78 is 19.2. The fourth-order valence-corrected chi connectivity index (χ4v) is 2.65. The highest BCUT2D eigenvalue weighted by molar-refractivity contribution is 5.82. The summed E-state index contributed by atoms with van der Waals surface area (Å²) in [6.45, 7) is 5.67. The van der Waals surface area contributed by atoms with Crippen molar-refractivity contribution in [3.8, 4) is 0 Å². The molecule has 0 saturated heterocycles. The third kappa shape index (κ3) is 3.71. The van der Waals surface area contributed by atoms with E-state index in [2.05, 4.69) is 12.0 Å². The Morgan fingerprint density at radius 2 is 2.19 bits per heavy atom. The zero-order valence-electron chi connectivity index (χ0n) is 12.5. The molecule has 0 bridgehead atoms. The predicted octanol–water partition coefficient (Wildman–Crippen LogP) is 4.52. The fourth-order valence-electron chi connectivity index (χ4n) is 2.65. The summed E-state index contributed by atoms with van der Waals surface area (Å²) in [4.78, 5) is 0. The zero-order chi connectivity index (χ0) is 15.2. The van der Waals surface area contributed by atoms with Crippen LogP contribution in [0.3, 0.4) is 0 Å². The van der Waals surface area contributed by atoms with Crippen LogP contribution in [0.5, 0.6) is 0 Å². The molecule has 1 aromatic carbocycles. The molecule has 1 heterocycles. The first kappa shape index (κ1) is 15.7. The van der Waals surface area contributed by atoms with Gasteiger partial charge in [-0.1, -0.05) is 18.9 Å². The Balaban J connectivity index is 2.10. The molecule has 2 aromatic rings. The quantitative estimate of drug-likeness (QED) is 0.325. The number of hydrogen-bond donors (Lipinski definition) is 2. The summed E-state index contributed by atoms with van der Waals surface area (Å²) >= 11 is 0. The van der Waals surface area contributed by atoms with Crippen LogP contribution in [0.4, 0.5) is 4.39 Å². The molecule has 0 saturated carbocycles. The van der Waals surface area contributed by atoms with E-state index in [0.29, 0.717) is 5.58 Å². The highest BCUT2D eigenvalue weighted by atomic mass is 19.1. The molecule has 0 aliphatic heterocycles. The van der Waals surface area contributed by atoms with E-state index in [1.807, 2.05) is 13.0 Å². The van der Waals surface area contributed by atoms with E-state index in [1.165, 1.54) is 12.1 Å². The second-order valence-corrected chi connectivity index (χ2v) is 5.38. The number of benzene rings is 1. The molecule has 4 heteroatoms. The SMILES string of the molecule is C=CCCCCCC(NN)c1oc2ccc(F)cc2c1C. The molecule has 0 fully saturated rings. The first-order valence-electron chi connectivity index (χ1n) is 7.43. The minimum absolute atomic E-state index is 0.0378. The lowest BCUT2D eigenvalue weighted by atomic mass is 10.0. The van der Waals surface area contributed by atoms with Crippen molar-refractivity contribution in [1.82, 2.24) is 5.43 Å². The number of nitrogens with two attached hydrogens (primary N) is 1. The van der Waals surface area contributed by atoms with Gasteiger partial charge in [-0.05, 0) is 44.4 Å². The first-order valence-corrected chi connectivity index (χ1v) is 7.43. The number of halogens is 1. The van der Waals surface area contributed by atoms with E-state index in [-0.39, 0.29) is 11.9 Å². The zero-order valence-corrected chi connectivity index (χ0v) is 12.5. The normalized spacial score (nSPS) is 12.7. The van der Waals surface area contributed by atoms with E-state index < -0.39 is 0 Å². The highest BCUT2D eigenvalue weighted by Gasteiger charge is 2.19. The van der Waals surface area contributed by atoms with Gasteiger partial charge in [0.15, 0.2) is 0 Å². The second-order valence-electron chi connectivity index (χ2n) is 5.38. The van der Waals surface area contributed by atoms with Gasteiger partial charge in [0.25, 0.3) is 0 Å². The van der Waals surface area contributed by atoms with Crippen molar-refractivity contribution in [2.75, 3.05) is 0 Å².